The molecule has 1 aromatic heterocycles. The molecule has 0 aliphatic rings. The molecule has 1 heterocycles. The van der Waals surface area contributed by atoms with Gasteiger partial charge in [0.1, 0.15) is 23.7 Å². The molecule has 5 aromatic rings. The first-order valence-corrected chi connectivity index (χ1v) is 10.9. The number of rotatable bonds is 6. The molecule has 0 radical (unpaired) electrons. The van der Waals surface area contributed by atoms with Gasteiger partial charge in [0.05, 0.1) is 10.3 Å². The molecular weight excluding hydrogens is 491 g/mol. The standard InChI is InChI=1S/C27H16F3NO6/c28-27(29,30)26-25(36-21-10-7-17-3-1-2-4-18(17)13-21)24(32)22-12-11-20(14-23(22)37-26)35-15-16-5-8-19(9-6-16)31(33)34/h1-14H,15H2. The summed E-state index contributed by atoms with van der Waals surface area (Å²) in [4.78, 5) is 23.3. The second-order valence-electron chi connectivity index (χ2n) is 8.07. The van der Waals surface area contributed by atoms with Crippen LogP contribution in [0.5, 0.6) is 17.2 Å². The number of non-ortho nitro benzene ring substituents is 1. The van der Waals surface area contributed by atoms with Gasteiger partial charge in [0.25, 0.3) is 11.4 Å². The maximum atomic E-state index is 13.9. The number of halogens is 3. The predicted molar refractivity (Wildman–Crippen MR) is 129 cm³/mol. The molecule has 0 saturated heterocycles. The summed E-state index contributed by atoms with van der Waals surface area (Å²) in [6, 6.07) is 21.4. The normalized spacial score (nSPS) is 11.5. The maximum Gasteiger partial charge on any atom is 0.453 e. The van der Waals surface area contributed by atoms with Crippen LogP contribution in [0.1, 0.15) is 11.3 Å². The van der Waals surface area contributed by atoms with Crippen LogP contribution in [0.3, 0.4) is 0 Å². The van der Waals surface area contributed by atoms with Gasteiger partial charge in [-0.2, -0.15) is 13.2 Å². The lowest BCUT2D eigenvalue weighted by Crippen LogP contribution is -2.15. The highest BCUT2D eigenvalue weighted by Crippen LogP contribution is 2.39. The largest absolute Gasteiger partial charge is 0.489 e. The Kier molecular flexibility index (Phi) is 6.00. The molecule has 0 bridgehead atoms. The van der Waals surface area contributed by atoms with Gasteiger partial charge in [-0.1, -0.05) is 30.3 Å². The van der Waals surface area contributed by atoms with Crippen LogP contribution in [0.25, 0.3) is 21.7 Å². The zero-order valence-corrected chi connectivity index (χ0v) is 18.8. The van der Waals surface area contributed by atoms with E-state index in [2.05, 4.69) is 0 Å². The average Bonchev–Trinajstić information content (AvgIpc) is 2.88. The fourth-order valence-electron chi connectivity index (χ4n) is 3.75. The van der Waals surface area contributed by atoms with Crippen molar-refractivity contribution in [1.82, 2.24) is 0 Å². The Morgan fingerprint density at radius 3 is 2.27 bits per heavy atom. The first kappa shape index (κ1) is 23.9. The monoisotopic (exact) mass is 507 g/mol. The van der Waals surface area contributed by atoms with Crippen molar-refractivity contribution in [2.75, 3.05) is 0 Å². The van der Waals surface area contributed by atoms with E-state index in [1.807, 2.05) is 12.1 Å². The lowest BCUT2D eigenvalue weighted by Gasteiger charge is -2.14. The molecular formula is C27H16F3NO6. The van der Waals surface area contributed by atoms with Crippen LogP contribution in [-0.2, 0) is 12.8 Å². The average molecular weight is 507 g/mol. The zero-order valence-electron chi connectivity index (χ0n) is 18.8. The van der Waals surface area contributed by atoms with Gasteiger partial charge >= 0.3 is 6.18 Å². The minimum Gasteiger partial charge on any atom is -0.489 e. The molecule has 0 saturated carbocycles. The molecule has 0 unspecified atom stereocenters. The summed E-state index contributed by atoms with van der Waals surface area (Å²) >= 11 is 0. The van der Waals surface area contributed by atoms with Crippen LogP contribution in [0, 0.1) is 10.1 Å². The van der Waals surface area contributed by atoms with E-state index in [4.69, 9.17) is 13.9 Å². The molecule has 0 aliphatic carbocycles. The Bertz CT molecular complexity index is 1690. The van der Waals surface area contributed by atoms with E-state index in [1.165, 1.54) is 54.6 Å². The molecule has 10 heteroatoms. The van der Waals surface area contributed by atoms with Gasteiger partial charge in [-0.25, -0.2) is 0 Å². The van der Waals surface area contributed by atoms with E-state index in [0.29, 0.717) is 5.56 Å². The van der Waals surface area contributed by atoms with Crippen LogP contribution in [-0.4, -0.2) is 4.92 Å². The summed E-state index contributed by atoms with van der Waals surface area (Å²) in [5.41, 5.74) is -0.798. The number of benzene rings is 4. The third-order valence-corrected chi connectivity index (χ3v) is 5.57. The summed E-state index contributed by atoms with van der Waals surface area (Å²) in [7, 11) is 0. The van der Waals surface area contributed by atoms with Gasteiger partial charge in [-0.3, -0.25) is 14.9 Å². The van der Waals surface area contributed by atoms with Crippen molar-refractivity contribution in [2.45, 2.75) is 12.8 Å². The molecule has 0 spiro atoms. The Morgan fingerprint density at radius 1 is 0.865 bits per heavy atom. The zero-order chi connectivity index (χ0) is 26.2. The lowest BCUT2D eigenvalue weighted by molar-refractivity contribution is -0.384. The van der Waals surface area contributed by atoms with Gasteiger partial charge in [-0.05, 0) is 52.7 Å². The summed E-state index contributed by atoms with van der Waals surface area (Å²) in [5.74, 6) is -2.33. The minimum absolute atomic E-state index is 0.0109. The number of hydrogen-bond acceptors (Lipinski definition) is 6. The number of hydrogen-bond donors (Lipinski definition) is 0. The molecule has 5 rings (SSSR count). The van der Waals surface area contributed by atoms with Crippen molar-refractivity contribution in [3.63, 3.8) is 0 Å². The number of nitro groups is 1. The van der Waals surface area contributed by atoms with Crippen molar-refractivity contribution in [3.05, 3.63) is 117 Å². The highest BCUT2D eigenvalue weighted by molar-refractivity contribution is 5.84. The number of alkyl halides is 3. The van der Waals surface area contributed by atoms with Gasteiger partial charge in [0.2, 0.25) is 11.2 Å². The Hall–Kier alpha value is -4.86. The van der Waals surface area contributed by atoms with Crippen molar-refractivity contribution in [1.29, 1.82) is 0 Å². The molecule has 186 valence electrons. The van der Waals surface area contributed by atoms with E-state index < -0.39 is 28.0 Å². The smallest absolute Gasteiger partial charge is 0.453 e. The second kappa shape index (κ2) is 9.30. The lowest BCUT2D eigenvalue weighted by atomic mass is 10.1. The molecule has 4 aromatic carbocycles. The number of nitrogens with zero attached hydrogens (tertiary/aromatic N) is 1. The second-order valence-corrected chi connectivity index (χ2v) is 8.07. The summed E-state index contributed by atoms with van der Waals surface area (Å²) in [6.45, 7) is -0.0109. The van der Waals surface area contributed by atoms with Crippen molar-refractivity contribution in [3.8, 4) is 17.2 Å². The predicted octanol–water partition coefficient (Wildman–Crippen LogP) is 7.24. The minimum atomic E-state index is -5.00. The van der Waals surface area contributed by atoms with Crippen LogP contribution < -0.4 is 14.9 Å². The third-order valence-electron chi connectivity index (χ3n) is 5.57. The van der Waals surface area contributed by atoms with E-state index in [-0.39, 0.29) is 34.8 Å². The number of nitro benzene ring substituents is 1. The van der Waals surface area contributed by atoms with Crippen LogP contribution in [0.2, 0.25) is 0 Å². The van der Waals surface area contributed by atoms with Crippen molar-refractivity contribution in [2.24, 2.45) is 0 Å². The third kappa shape index (κ3) is 4.94. The highest BCUT2D eigenvalue weighted by Gasteiger charge is 2.40. The van der Waals surface area contributed by atoms with Gasteiger partial charge < -0.3 is 13.9 Å². The highest BCUT2D eigenvalue weighted by atomic mass is 19.4. The first-order valence-electron chi connectivity index (χ1n) is 10.9. The van der Waals surface area contributed by atoms with E-state index in [1.54, 1.807) is 18.2 Å². The number of fused-ring (bicyclic) bond motifs is 2. The molecule has 7 nitrogen and oxygen atoms in total. The van der Waals surface area contributed by atoms with Crippen LogP contribution in [0.4, 0.5) is 18.9 Å². The maximum absolute atomic E-state index is 13.9. The molecule has 0 N–H and O–H groups in total. The molecule has 0 aliphatic heterocycles. The van der Waals surface area contributed by atoms with Gasteiger partial charge in [0, 0.05) is 18.2 Å². The van der Waals surface area contributed by atoms with Crippen molar-refractivity contribution < 1.29 is 32.0 Å². The fourth-order valence-corrected chi connectivity index (χ4v) is 3.75. The van der Waals surface area contributed by atoms with E-state index in [9.17, 15) is 28.1 Å². The summed E-state index contributed by atoms with van der Waals surface area (Å²) in [5, 5.41) is 12.2. The van der Waals surface area contributed by atoms with Crippen molar-refractivity contribution >= 4 is 27.4 Å². The Balaban J connectivity index is 1.48. The summed E-state index contributed by atoms with van der Waals surface area (Å²) < 4.78 is 57.8. The quantitative estimate of drug-likeness (QED) is 0.178. The SMILES string of the molecule is O=c1c(Oc2ccc3ccccc3c2)c(C(F)(F)F)oc2cc(OCc3ccc([N+](=O)[O-])cc3)ccc12. The molecule has 0 amide bonds. The van der Waals surface area contributed by atoms with Crippen LogP contribution >= 0.6 is 0 Å². The van der Waals surface area contributed by atoms with E-state index >= 15 is 0 Å². The fraction of sp³-hybridized carbons (Fsp3) is 0.0741. The van der Waals surface area contributed by atoms with Gasteiger partial charge in [0.15, 0.2) is 0 Å². The van der Waals surface area contributed by atoms with E-state index in [0.717, 1.165) is 10.8 Å². The Morgan fingerprint density at radius 2 is 1.57 bits per heavy atom. The molecule has 0 atom stereocenters. The molecule has 37 heavy (non-hydrogen) atoms. The summed E-state index contributed by atoms with van der Waals surface area (Å²) in [6.07, 6.45) is -5.00. The number of ether oxygens (including phenoxy) is 2. The first-order chi connectivity index (χ1) is 17.7. The van der Waals surface area contributed by atoms with Gasteiger partial charge in [-0.15, -0.1) is 0 Å². The molecule has 0 fully saturated rings. The topological polar surface area (TPSA) is 91.8 Å². The Labute approximate surface area is 206 Å². The van der Waals surface area contributed by atoms with Crippen LogP contribution in [0.15, 0.2) is 94.1 Å².